The van der Waals surface area contributed by atoms with Gasteiger partial charge in [-0.25, -0.2) is 13.2 Å². The Labute approximate surface area is 184 Å². The molecule has 0 atom stereocenters. The standard InChI is InChI=1S/C21H24F3N3O4S/c22-21(23,24)16-2-4-17(5-3-16)25-20(28)26-18-6-8-19(9-7-18)32(29,30)15-1-10-27-11-13-31-14-12-27/h2-9H,1,10-15H2,(H2,25,26,28). The highest BCUT2D eigenvalue weighted by molar-refractivity contribution is 7.91. The van der Waals surface area contributed by atoms with E-state index < -0.39 is 27.6 Å². The maximum absolute atomic E-state index is 12.6. The van der Waals surface area contributed by atoms with E-state index in [1.165, 1.54) is 24.3 Å². The number of benzene rings is 2. The Hall–Kier alpha value is -2.63. The van der Waals surface area contributed by atoms with Crippen LogP contribution in [0.3, 0.4) is 0 Å². The van der Waals surface area contributed by atoms with Crippen LogP contribution in [0, 0.1) is 0 Å². The summed E-state index contributed by atoms with van der Waals surface area (Å²) in [5, 5.41) is 4.94. The number of amides is 2. The average Bonchev–Trinajstić information content (AvgIpc) is 2.74. The minimum atomic E-state index is -4.45. The van der Waals surface area contributed by atoms with Crippen molar-refractivity contribution in [3.05, 3.63) is 54.1 Å². The molecule has 0 unspecified atom stereocenters. The number of anilines is 2. The molecule has 1 aliphatic rings. The number of halogens is 3. The van der Waals surface area contributed by atoms with E-state index in [1.807, 2.05) is 0 Å². The first-order chi connectivity index (χ1) is 15.1. The summed E-state index contributed by atoms with van der Waals surface area (Å²) in [5.74, 6) is 0.0194. The lowest BCUT2D eigenvalue weighted by molar-refractivity contribution is -0.137. The minimum Gasteiger partial charge on any atom is -0.379 e. The van der Waals surface area contributed by atoms with E-state index in [1.54, 1.807) is 0 Å². The smallest absolute Gasteiger partial charge is 0.379 e. The Morgan fingerprint density at radius 3 is 2.00 bits per heavy atom. The second-order valence-corrected chi connectivity index (χ2v) is 9.41. The summed E-state index contributed by atoms with van der Waals surface area (Å²) >= 11 is 0. The fourth-order valence-electron chi connectivity index (χ4n) is 3.20. The number of carbonyl (C=O) groups is 1. The van der Waals surface area contributed by atoms with Crippen LogP contribution in [0.1, 0.15) is 12.0 Å². The maximum atomic E-state index is 12.6. The van der Waals surface area contributed by atoms with Crippen LogP contribution in [0.2, 0.25) is 0 Å². The number of urea groups is 1. The van der Waals surface area contributed by atoms with Crippen molar-refractivity contribution in [2.75, 3.05) is 49.2 Å². The molecule has 174 valence electrons. The molecule has 0 aliphatic carbocycles. The number of morpholine rings is 1. The van der Waals surface area contributed by atoms with Gasteiger partial charge in [-0.15, -0.1) is 0 Å². The SMILES string of the molecule is O=C(Nc1ccc(C(F)(F)F)cc1)Nc1ccc(S(=O)(=O)CCCN2CCOCC2)cc1. The normalized spacial score (nSPS) is 15.3. The summed E-state index contributed by atoms with van der Waals surface area (Å²) in [4.78, 5) is 14.4. The van der Waals surface area contributed by atoms with Gasteiger partial charge in [-0.3, -0.25) is 4.90 Å². The topological polar surface area (TPSA) is 87.7 Å². The number of ether oxygens (including phenoxy) is 1. The number of carbonyl (C=O) groups excluding carboxylic acids is 1. The van der Waals surface area contributed by atoms with Crippen molar-refractivity contribution in [1.29, 1.82) is 0 Å². The van der Waals surface area contributed by atoms with Gasteiger partial charge in [0.15, 0.2) is 9.84 Å². The van der Waals surface area contributed by atoms with Gasteiger partial charge >= 0.3 is 12.2 Å². The highest BCUT2D eigenvalue weighted by Gasteiger charge is 2.30. The van der Waals surface area contributed by atoms with Gasteiger partial charge in [0.1, 0.15) is 0 Å². The molecule has 0 radical (unpaired) electrons. The zero-order valence-corrected chi connectivity index (χ0v) is 18.0. The molecule has 2 N–H and O–H groups in total. The summed E-state index contributed by atoms with van der Waals surface area (Å²) in [7, 11) is -3.45. The second-order valence-electron chi connectivity index (χ2n) is 7.31. The molecule has 7 nitrogen and oxygen atoms in total. The zero-order valence-electron chi connectivity index (χ0n) is 17.2. The molecule has 0 bridgehead atoms. The molecule has 1 aliphatic heterocycles. The summed E-state index contributed by atoms with van der Waals surface area (Å²) < 4.78 is 68.1. The predicted octanol–water partition coefficient (Wildman–Crippen LogP) is 3.85. The molecule has 2 amide bonds. The van der Waals surface area contributed by atoms with Gasteiger partial charge in [-0.05, 0) is 61.5 Å². The van der Waals surface area contributed by atoms with Gasteiger partial charge in [-0.1, -0.05) is 0 Å². The molecular formula is C21H24F3N3O4S. The summed E-state index contributed by atoms with van der Waals surface area (Å²) in [6.45, 7) is 3.61. The third-order valence-electron chi connectivity index (χ3n) is 4.93. The predicted molar refractivity (Wildman–Crippen MR) is 114 cm³/mol. The Morgan fingerprint density at radius 1 is 0.938 bits per heavy atom. The van der Waals surface area contributed by atoms with Crippen molar-refractivity contribution in [3.63, 3.8) is 0 Å². The number of hydrogen-bond donors (Lipinski definition) is 2. The van der Waals surface area contributed by atoms with Gasteiger partial charge < -0.3 is 15.4 Å². The molecule has 0 aromatic heterocycles. The van der Waals surface area contributed by atoms with Crippen LogP contribution in [0.15, 0.2) is 53.4 Å². The van der Waals surface area contributed by atoms with Crippen LogP contribution in [-0.4, -0.2) is 57.9 Å². The Bertz CT molecular complexity index is 1000. The number of nitrogens with one attached hydrogen (secondary N) is 2. The molecule has 11 heteroatoms. The van der Waals surface area contributed by atoms with E-state index in [4.69, 9.17) is 4.74 Å². The molecule has 3 rings (SSSR count). The first-order valence-electron chi connectivity index (χ1n) is 10.0. The van der Waals surface area contributed by atoms with Crippen molar-refractivity contribution in [2.24, 2.45) is 0 Å². The molecule has 2 aromatic carbocycles. The minimum absolute atomic E-state index is 0.0194. The quantitative estimate of drug-likeness (QED) is 0.641. The van der Waals surface area contributed by atoms with Crippen LogP contribution >= 0.6 is 0 Å². The highest BCUT2D eigenvalue weighted by Crippen LogP contribution is 2.29. The monoisotopic (exact) mass is 471 g/mol. The molecule has 1 fully saturated rings. The number of hydrogen-bond acceptors (Lipinski definition) is 5. The fourth-order valence-corrected chi connectivity index (χ4v) is 4.50. The molecule has 1 heterocycles. The van der Waals surface area contributed by atoms with Crippen LogP contribution in [-0.2, 0) is 20.8 Å². The van der Waals surface area contributed by atoms with Crippen LogP contribution in [0.5, 0.6) is 0 Å². The maximum Gasteiger partial charge on any atom is 0.416 e. The molecule has 32 heavy (non-hydrogen) atoms. The number of alkyl halides is 3. The molecule has 1 saturated heterocycles. The number of nitrogens with zero attached hydrogens (tertiary/aromatic N) is 1. The second kappa shape index (κ2) is 10.3. The molecule has 0 saturated carbocycles. The van der Waals surface area contributed by atoms with E-state index in [0.29, 0.717) is 31.9 Å². The van der Waals surface area contributed by atoms with E-state index in [9.17, 15) is 26.4 Å². The lowest BCUT2D eigenvalue weighted by Crippen LogP contribution is -2.37. The van der Waals surface area contributed by atoms with E-state index in [-0.39, 0.29) is 16.3 Å². The van der Waals surface area contributed by atoms with Crippen LogP contribution in [0.25, 0.3) is 0 Å². The van der Waals surface area contributed by atoms with Gasteiger partial charge in [0.05, 0.1) is 29.4 Å². The first-order valence-corrected chi connectivity index (χ1v) is 11.7. The molecular weight excluding hydrogens is 447 g/mol. The average molecular weight is 472 g/mol. The Morgan fingerprint density at radius 2 is 1.47 bits per heavy atom. The summed E-state index contributed by atoms with van der Waals surface area (Å²) in [6, 6.07) is 9.12. The summed E-state index contributed by atoms with van der Waals surface area (Å²) in [6.07, 6.45) is -3.94. The number of sulfone groups is 1. The molecule has 0 spiro atoms. The van der Waals surface area contributed by atoms with Crippen molar-refractivity contribution in [2.45, 2.75) is 17.5 Å². The first kappa shape index (κ1) is 24.0. The lowest BCUT2D eigenvalue weighted by atomic mass is 10.2. The van der Waals surface area contributed by atoms with Crippen molar-refractivity contribution < 1.29 is 31.1 Å². The van der Waals surface area contributed by atoms with Gasteiger partial charge in [-0.2, -0.15) is 13.2 Å². The van der Waals surface area contributed by atoms with Crippen LogP contribution in [0.4, 0.5) is 29.3 Å². The molecule has 2 aromatic rings. The Balaban J connectivity index is 1.50. The van der Waals surface area contributed by atoms with E-state index in [2.05, 4.69) is 15.5 Å². The fraction of sp³-hybridized carbons (Fsp3) is 0.381. The highest BCUT2D eigenvalue weighted by atomic mass is 32.2. The van der Waals surface area contributed by atoms with E-state index in [0.717, 1.165) is 37.4 Å². The largest absolute Gasteiger partial charge is 0.416 e. The van der Waals surface area contributed by atoms with Gasteiger partial charge in [0.25, 0.3) is 0 Å². The van der Waals surface area contributed by atoms with Crippen molar-refractivity contribution >= 4 is 27.2 Å². The third-order valence-corrected chi connectivity index (χ3v) is 6.75. The Kier molecular flexibility index (Phi) is 7.75. The number of rotatable bonds is 7. The third kappa shape index (κ3) is 6.94. The van der Waals surface area contributed by atoms with Crippen molar-refractivity contribution in [3.8, 4) is 0 Å². The van der Waals surface area contributed by atoms with Crippen LogP contribution < -0.4 is 10.6 Å². The van der Waals surface area contributed by atoms with E-state index >= 15 is 0 Å². The summed E-state index contributed by atoms with van der Waals surface area (Å²) in [5.41, 5.74) is -0.276. The van der Waals surface area contributed by atoms with Gasteiger partial charge in [0, 0.05) is 24.5 Å². The lowest BCUT2D eigenvalue weighted by Gasteiger charge is -2.26. The van der Waals surface area contributed by atoms with Gasteiger partial charge in [0.2, 0.25) is 0 Å². The van der Waals surface area contributed by atoms with Crippen molar-refractivity contribution in [1.82, 2.24) is 4.90 Å². The zero-order chi connectivity index (χ0) is 23.2.